The Morgan fingerprint density at radius 1 is 0.902 bits per heavy atom. The number of aryl methyl sites for hydroxylation is 1. The van der Waals surface area contributed by atoms with Crippen molar-refractivity contribution < 1.29 is 58.6 Å². The molecule has 2 aromatic carbocycles. The highest BCUT2D eigenvalue weighted by atomic mass is 19.4. The van der Waals surface area contributed by atoms with E-state index in [4.69, 9.17) is 9.47 Å². The number of anilines is 1. The van der Waals surface area contributed by atoms with Gasteiger partial charge in [0, 0.05) is 12.6 Å². The van der Waals surface area contributed by atoms with Crippen LogP contribution in [0.4, 0.5) is 54.8 Å². The number of carbonyl (C=O) groups excluding carboxylic acids is 2. The fraction of sp³-hybridized carbons (Fsp3) is 0.462. The Hall–Kier alpha value is -3.65. The third-order valence-electron chi connectivity index (χ3n) is 6.51. The van der Waals surface area contributed by atoms with E-state index in [1.54, 1.807) is 0 Å². The molecular formula is C26H25F9N2O4. The summed E-state index contributed by atoms with van der Waals surface area (Å²) in [5, 5.41) is 0. The molecule has 0 saturated carbocycles. The van der Waals surface area contributed by atoms with Crippen molar-refractivity contribution >= 4 is 17.9 Å². The van der Waals surface area contributed by atoms with Gasteiger partial charge in [-0.3, -0.25) is 9.80 Å². The van der Waals surface area contributed by atoms with Gasteiger partial charge in [0.25, 0.3) is 0 Å². The molecule has 0 fully saturated rings. The minimum absolute atomic E-state index is 0.0253. The number of fused-ring (bicyclic) bond motifs is 1. The Morgan fingerprint density at radius 3 is 1.88 bits per heavy atom. The van der Waals surface area contributed by atoms with Crippen LogP contribution < -0.4 is 4.90 Å². The lowest BCUT2D eigenvalue weighted by atomic mass is 9.87. The third-order valence-corrected chi connectivity index (χ3v) is 6.51. The maximum Gasteiger partial charge on any atom is 0.416 e. The summed E-state index contributed by atoms with van der Waals surface area (Å²) in [5.41, 5.74) is -5.26. The second-order valence-corrected chi connectivity index (χ2v) is 9.41. The molecule has 41 heavy (non-hydrogen) atoms. The standard InChI is InChI=1S/C26H25F9N2O4/c1-5-41-23(39)37-14(3)7-20(19-11-16(24(27,28)29)6-13(2)21(19)37)36(22(38)40-4)12-15-8-17(25(30,31)32)10-18(9-15)26(33,34)35/h6,8-11,14,20H,5,7,12H2,1-4H3. The Balaban J connectivity index is 2.25. The van der Waals surface area contributed by atoms with E-state index in [9.17, 15) is 49.1 Å². The molecule has 0 N–H and O–H groups in total. The van der Waals surface area contributed by atoms with E-state index in [0.29, 0.717) is 18.2 Å². The number of hydrogen-bond acceptors (Lipinski definition) is 4. The van der Waals surface area contributed by atoms with Crippen molar-refractivity contribution in [3.63, 3.8) is 0 Å². The van der Waals surface area contributed by atoms with Gasteiger partial charge in [0.05, 0.1) is 42.1 Å². The van der Waals surface area contributed by atoms with Gasteiger partial charge in [-0.1, -0.05) is 0 Å². The molecule has 0 radical (unpaired) electrons. The molecule has 226 valence electrons. The number of benzene rings is 2. The van der Waals surface area contributed by atoms with E-state index in [2.05, 4.69) is 0 Å². The SMILES string of the molecule is CCOC(=O)N1c2c(C)cc(C(F)(F)F)cc2C(N(Cc2cc(C(F)(F)F)cc(C(F)(F)F)c2)C(=O)OC)CC1C. The summed E-state index contributed by atoms with van der Waals surface area (Å²) < 4.78 is 132. The first-order valence-electron chi connectivity index (χ1n) is 12.1. The highest BCUT2D eigenvalue weighted by molar-refractivity contribution is 5.91. The van der Waals surface area contributed by atoms with Crippen molar-refractivity contribution in [2.75, 3.05) is 18.6 Å². The largest absolute Gasteiger partial charge is 0.453 e. The Morgan fingerprint density at radius 2 is 1.41 bits per heavy atom. The van der Waals surface area contributed by atoms with Crippen molar-refractivity contribution in [1.29, 1.82) is 0 Å². The smallest absolute Gasteiger partial charge is 0.416 e. The minimum Gasteiger partial charge on any atom is -0.453 e. The Kier molecular flexibility index (Phi) is 8.80. The molecule has 2 unspecified atom stereocenters. The van der Waals surface area contributed by atoms with Gasteiger partial charge in [0.15, 0.2) is 0 Å². The van der Waals surface area contributed by atoms with Gasteiger partial charge in [0.2, 0.25) is 0 Å². The maximum atomic E-state index is 13.8. The monoisotopic (exact) mass is 600 g/mol. The lowest BCUT2D eigenvalue weighted by Gasteiger charge is -2.43. The highest BCUT2D eigenvalue weighted by Gasteiger charge is 2.43. The molecule has 2 aromatic rings. The van der Waals surface area contributed by atoms with Crippen LogP contribution in [0.5, 0.6) is 0 Å². The van der Waals surface area contributed by atoms with Crippen LogP contribution >= 0.6 is 0 Å². The van der Waals surface area contributed by atoms with Crippen LogP contribution in [0.3, 0.4) is 0 Å². The van der Waals surface area contributed by atoms with Crippen molar-refractivity contribution in [2.24, 2.45) is 0 Å². The van der Waals surface area contributed by atoms with Crippen LogP contribution in [0.1, 0.15) is 59.7 Å². The highest BCUT2D eigenvalue weighted by Crippen LogP contribution is 2.46. The average molecular weight is 600 g/mol. The molecule has 0 aliphatic carbocycles. The number of rotatable bonds is 4. The lowest BCUT2D eigenvalue weighted by molar-refractivity contribution is -0.143. The van der Waals surface area contributed by atoms with Crippen molar-refractivity contribution in [3.8, 4) is 0 Å². The van der Waals surface area contributed by atoms with Gasteiger partial charge in [0.1, 0.15) is 0 Å². The van der Waals surface area contributed by atoms with Gasteiger partial charge in [-0.2, -0.15) is 39.5 Å². The first-order chi connectivity index (χ1) is 18.8. The molecule has 2 amide bonds. The topological polar surface area (TPSA) is 59.1 Å². The first-order valence-corrected chi connectivity index (χ1v) is 12.1. The van der Waals surface area contributed by atoms with Crippen LogP contribution in [0, 0.1) is 6.92 Å². The maximum absolute atomic E-state index is 13.8. The number of amides is 2. The molecule has 0 saturated heterocycles. The number of hydrogen-bond donors (Lipinski definition) is 0. The quantitative estimate of drug-likeness (QED) is 0.333. The van der Waals surface area contributed by atoms with Crippen molar-refractivity contribution in [1.82, 2.24) is 4.90 Å². The summed E-state index contributed by atoms with van der Waals surface area (Å²) in [5.74, 6) is 0. The molecule has 1 heterocycles. The van der Waals surface area contributed by atoms with E-state index in [-0.39, 0.29) is 35.9 Å². The third kappa shape index (κ3) is 6.81. The number of nitrogens with zero attached hydrogens (tertiary/aromatic N) is 2. The van der Waals surface area contributed by atoms with Gasteiger partial charge in [-0.15, -0.1) is 0 Å². The number of carbonyl (C=O) groups is 2. The molecular weight excluding hydrogens is 575 g/mol. The van der Waals surface area contributed by atoms with Gasteiger partial charge < -0.3 is 9.47 Å². The molecule has 15 heteroatoms. The minimum atomic E-state index is -5.17. The molecule has 1 aliphatic rings. The fourth-order valence-corrected chi connectivity index (χ4v) is 4.82. The summed E-state index contributed by atoms with van der Waals surface area (Å²) in [6, 6.07) is 0.0605. The molecule has 0 spiro atoms. The van der Waals surface area contributed by atoms with Crippen LogP contribution in [-0.2, 0) is 34.5 Å². The zero-order valence-electron chi connectivity index (χ0n) is 22.1. The van der Waals surface area contributed by atoms with E-state index < -0.39 is 71.6 Å². The van der Waals surface area contributed by atoms with Gasteiger partial charge in [-0.25, -0.2) is 9.59 Å². The lowest BCUT2D eigenvalue weighted by Crippen LogP contribution is -2.48. The Bertz CT molecular complexity index is 1270. The predicted molar refractivity (Wildman–Crippen MR) is 127 cm³/mol. The normalized spacial score (nSPS) is 17.6. The van der Waals surface area contributed by atoms with E-state index >= 15 is 0 Å². The summed E-state index contributed by atoms with van der Waals surface area (Å²) in [6.07, 6.45) is -17.6. The van der Waals surface area contributed by atoms with Gasteiger partial charge >= 0.3 is 30.7 Å². The summed E-state index contributed by atoms with van der Waals surface area (Å²) in [7, 11) is 0.901. The van der Waals surface area contributed by atoms with E-state index in [1.165, 1.54) is 20.8 Å². The number of ether oxygens (including phenoxy) is 2. The average Bonchev–Trinajstić information content (AvgIpc) is 2.85. The first kappa shape index (κ1) is 31.9. The fourth-order valence-electron chi connectivity index (χ4n) is 4.82. The van der Waals surface area contributed by atoms with Crippen LogP contribution in [0.15, 0.2) is 30.3 Å². The number of alkyl halides is 9. The number of methoxy groups -OCH3 is 1. The molecule has 1 aliphatic heterocycles. The predicted octanol–water partition coefficient (Wildman–Crippen LogP) is 8.12. The number of halogens is 9. The molecule has 3 rings (SSSR count). The molecule has 2 atom stereocenters. The summed E-state index contributed by atoms with van der Waals surface area (Å²) >= 11 is 0. The van der Waals surface area contributed by atoms with Gasteiger partial charge in [-0.05, 0) is 74.2 Å². The summed E-state index contributed by atoms with van der Waals surface area (Å²) in [6.45, 7) is 3.36. The zero-order valence-corrected chi connectivity index (χ0v) is 22.1. The van der Waals surface area contributed by atoms with Crippen LogP contribution in [0.2, 0.25) is 0 Å². The molecule has 0 bridgehead atoms. The summed E-state index contributed by atoms with van der Waals surface area (Å²) in [4.78, 5) is 27.5. The molecule has 0 aromatic heterocycles. The zero-order chi connectivity index (χ0) is 31.1. The Labute approximate surface area is 228 Å². The van der Waals surface area contributed by atoms with Crippen LogP contribution in [0.25, 0.3) is 0 Å². The van der Waals surface area contributed by atoms with Crippen molar-refractivity contribution in [2.45, 2.75) is 64.3 Å². The van der Waals surface area contributed by atoms with Crippen LogP contribution in [-0.4, -0.2) is 36.8 Å². The second kappa shape index (κ2) is 11.3. The van der Waals surface area contributed by atoms with E-state index in [1.807, 2.05) is 0 Å². The molecule has 6 nitrogen and oxygen atoms in total. The second-order valence-electron chi connectivity index (χ2n) is 9.41. The van der Waals surface area contributed by atoms with Crippen molar-refractivity contribution in [3.05, 3.63) is 63.7 Å². The van der Waals surface area contributed by atoms with E-state index in [0.717, 1.165) is 23.0 Å².